The quantitative estimate of drug-likeness (QED) is 0.335. The lowest BCUT2D eigenvalue weighted by Gasteiger charge is -2.09. The van der Waals surface area contributed by atoms with Crippen molar-refractivity contribution in [1.82, 2.24) is 0 Å². The number of benzene rings is 1. The van der Waals surface area contributed by atoms with Gasteiger partial charge in [0.15, 0.2) is 6.61 Å². The number of thiophene rings is 1. The Kier molecular flexibility index (Phi) is 6.36. The standard InChI is InChI=1S/C20H17N3O5S/c21-11-16-15-6-1-2-7-17(15)29-20(16)22-18(24)12-28-19(25)9-8-13-4-3-5-14(10-13)23(26)27/h3-5,8-10H,1-2,6-7,12H2,(H,22,24). The first-order valence-electron chi connectivity index (χ1n) is 8.91. The molecule has 148 valence electrons. The monoisotopic (exact) mass is 411 g/mol. The Hall–Kier alpha value is -3.51. The number of ether oxygens (including phenoxy) is 1. The van der Waals surface area contributed by atoms with Gasteiger partial charge in [0.05, 0.1) is 10.5 Å². The second kappa shape index (κ2) is 9.12. The second-order valence-electron chi connectivity index (χ2n) is 6.37. The number of nitriles is 1. The number of nitrogens with one attached hydrogen (secondary N) is 1. The van der Waals surface area contributed by atoms with Crippen molar-refractivity contribution < 1.29 is 19.2 Å². The van der Waals surface area contributed by atoms with Crippen LogP contribution in [0.3, 0.4) is 0 Å². The van der Waals surface area contributed by atoms with E-state index in [0.717, 1.165) is 42.2 Å². The van der Waals surface area contributed by atoms with Crippen molar-refractivity contribution in [3.8, 4) is 6.07 Å². The number of hydrogen-bond acceptors (Lipinski definition) is 7. The largest absolute Gasteiger partial charge is 0.452 e. The number of non-ortho nitro benzene ring substituents is 1. The third-order valence-electron chi connectivity index (χ3n) is 4.37. The number of carbonyl (C=O) groups excluding carboxylic acids is 2. The number of rotatable bonds is 6. The highest BCUT2D eigenvalue weighted by Gasteiger charge is 2.22. The second-order valence-corrected chi connectivity index (χ2v) is 7.47. The number of amides is 1. The summed E-state index contributed by atoms with van der Waals surface area (Å²) in [4.78, 5) is 35.3. The first kappa shape index (κ1) is 20.2. The minimum Gasteiger partial charge on any atom is -0.452 e. The van der Waals surface area contributed by atoms with Crippen molar-refractivity contribution in [3.63, 3.8) is 0 Å². The fraction of sp³-hybridized carbons (Fsp3) is 0.250. The number of anilines is 1. The van der Waals surface area contributed by atoms with Crippen molar-refractivity contribution in [3.05, 3.63) is 62.0 Å². The lowest BCUT2D eigenvalue weighted by atomic mass is 9.96. The van der Waals surface area contributed by atoms with Crippen LogP contribution in [-0.2, 0) is 27.2 Å². The zero-order valence-electron chi connectivity index (χ0n) is 15.3. The predicted octanol–water partition coefficient (Wildman–Crippen LogP) is 3.60. The van der Waals surface area contributed by atoms with Crippen LogP contribution < -0.4 is 5.32 Å². The van der Waals surface area contributed by atoms with Crippen LogP contribution >= 0.6 is 11.3 Å². The molecule has 1 N–H and O–H groups in total. The molecule has 0 saturated heterocycles. The molecule has 0 fully saturated rings. The lowest BCUT2D eigenvalue weighted by Crippen LogP contribution is -2.20. The van der Waals surface area contributed by atoms with E-state index in [1.807, 2.05) is 0 Å². The van der Waals surface area contributed by atoms with Gasteiger partial charge in [-0.2, -0.15) is 5.26 Å². The van der Waals surface area contributed by atoms with Gasteiger partial charge in [0, 0.05) is 23.1 Å². The molecule has 0 spiro atoms. The highest BCUT2D eigenvalue weighted by atomic mass is 32.1. The maximum absolute atomic E-state index is 12.1. The highest BCUT2D eigenvalue weighted by molar-refractivity contribution is 7.16. The maximum atomic E-state index is 12.1. The van der Waals surface area contributed by atoms with Crippen molar-refractivity contribution in [2.24, 2.45) is 0 Å². The van der Waals surface area contributed by atoms with Crippen molar-refractivity contribution in [1.29, 1.82) is 5.26 Å². The summed E-state index contributed by atoms with van der Waals surface area (Å²) < 4.78 is 4.90. The smallest absolute Gasteiger partial charge is 0.331 e. The van der Waals surface area contributed by atoms with Gasteiger partial charge < -0.3 is 10.1 Å². The van der Waals surface area contributed by atoms with Crippen LogP contribution in [0.15, 0.2) is 30.3 Å². The van der Waals surface area contributed by atoms with E-state index in [1.165, 1.54) is 35.6 Å². The van der Waals surface area contributed by atoms with Crippen LogP contribution in [-0.4, -0.2) is 23.4 Å². The molecule has 1 aliphatic rings. The van der Waals surface area contributed by atoms with E-state index in [9.17, 15) is 25.0 Å². The number of nitrogens with zero attached hydrogens (tertiary/aromatic N) is 2. The van der Waals surface area contributed by atoms with Gasteiger partial charge in [-0.05, 0) is 42.9 Å². The zero-order chi connectivity index (χ0) is 20.8. The molecule has 3 rings (SSSR count). The molecule has 0 saturated carbocycles. The van der Waals surface area contributed by atoms with Crippen molar-refractivity contribution in [2.45, 2.75) is 25.7 Å². The van der Waals surface area contributed by atoms with Gasteiger partial charge in [-0.25, -0.2) is 4.79 Å². The van der Waals surface area contributed by atoms with Crippen LogP contribution in [0.4, 0.5) is 10.7 Å². The van der Waals surface area contributed by atoms with E-state index in [4.69, 9.17) is 4.74 Å². The van der Waals surface area contributed by atoms with Crippen LogP contribution in [0.2, 0.25) is 0 Å². The Labute approximate surface area is 170 Å². The number of nitro groups is 1. The van der Waals surface area contributed by atoms with Gasteiger partial charge in [0.1, 0.15) is 11.1 Å². The molecule has 1 aromatic heterocycles. The molecular formula is C20H17N3O5S. The fourth-order valence-electron chi connectivity index (χ4n) is 3.03. The average Bonchev–Trinajstić information content (AvgIpc) is 3.07. The normalized spacial score (nSPS) is 12.8. The SMILES string of the molecule is N#Cc1c(NC(=O)COC(=O)C=Cc2cccc([N+](=O)[O-])c2)sc2c1CCCC2. The first-order chi connectivity index (χ1) is 14.0. The molecular weight excluding hydrogens is 394 g/mol. The maximum Gasteiger partial charge on any atom is 0.331 e. The van der Waals surface area contributed by atoms with Crippen LogP contribution in [0.5, 0.6) is 0 Å². The van der Waals surface area contributed by atoms with E-state index in [1.54, 1.807) is 6.07 Å². The fourth-order valence-corrected chi connectivity index (χ4v) is 4.28. The number of carbonyl (C=O) groups is 2. The number of aryl methyl sites for hydroxylation is 1. The Morgan fingerprint density at radius 1 is 1.34 bits per heavy atom. The molecule has 9 heteroatoms. The molecule has 1 aliphatic carbocycles. The number of fused-ring (bicyclic) bond motifs is 1. The average molecular weight is 411 g/mol. The minimum atomic E-state index is -0.752. The summed E-state index contributed by atoms with van der Waals surface area (Å²) in [5.41, 5.74) is 1.88. The molecule has 0 aliphatic heterocycles. The van der Waals surface area contributed by atoms with Crippen LogP contribution in [0, 0.1) is 21.4 Å². The van der Waals surface area contributed by atoms with Gasteiger partial charge in [0.2, 0.25) is 0 Å². The van der Waals surface area contributed by atoms with Crippen LogP contribution in [0.1, 0.15) is 34.4 Å². The Balaban J connectivity index is 1.55. The summed E-state index contributed by atoms with van der Waals surface area (Å²) in [7, 11) is 0. The Bertz CT molecular complexity index is 1040. The number of esters is 1. The minimum absolute atomic E-state index is 0.0909. The Morgan fingerprint density at radius 3 is 2.90 bits per heavy atom. The third kappa shape index (κ3) is 5.06. The van der Waals surface area contributed by atoms with Crippen molar-refractivity contribution in [2.75, 3.05) is 11.9 Å². The molecule has 1 amide bonds. The van der Waals surface area contributed by atoms with Crippen LogP contribution in [0.25, 0.3) is 6.08 Å². The van der Waals surface area contributed by atoms with Gasteiger partial charge >= 0.3 is 5.97 Å². The van der Waals surface area contributed by atoms with E-state index < -0.39 is 23.4 Å². The predicted molar refractivity (Wildman–Crippen MR) is 107 cm³/mol. The first-order valence-corrected chi connectivity index (χ1v) is 9.73. The molecule has 0 radical (unpaired) electrons. The molecule has 8 nitrogen and oxygen atoms in total. The summed E-state index contributed by atoms with van der Waals surface area (Å²) in [6.45, 7) is -0.494. The van der Waals surface area contributed by atoms with E-state index >= 15 is 0 Å². The summed E-state index contributed by atoms with van der Waals surface area (Å²) in [5, 5.41) is 23.3. The molecule has 1 heterocycles. The molecule has 0 unspecified atom stereocenters. The molecule has 2 aromatic rings. The molecule has 0 bridgehead atoms. The van der Waals surface area contributed by atoms with Crippen molar-refractivity contribution >= 4 is 40.0 Å². The van der Waals surface area contributed by atoms with E-state index in [-0.39, 0.29) is 5.69 Å². The number of hydrogen-bond donors (Lipinski definition) is 1. The lowest BCUT2D eigenvalue weighted by molar-refractivity contribution is -0.384. The summed E-state index contributed by atoms with van der Waals surface area (Å²) in [5.74, 6) is -1.28. The summed E-state index contributed by atoms with van der Waals surface area (Å²) >= 11 is 1.40. The highest BCUT2D eigenvalue weighted by Crippen LogP contribution is 2.37. The van der Waals surface area contributed by atoms with E-state index in [0.29, 0.717) is 16.1 Å². The van der Waals surface area contributed by atoms with Gasteiger partial charge in [-0.1, -0.05) is 12.1 Å². The third-order valence-corrected chi connectivity index (χ3v) is 5.58. The number of nitro benzene ring substituents is 1. The van der Waals surface area contributed by atoms with Gasteiger partial charge in [-0.3, -0.25) is 14.9 Å². The summed E-state index contributed by atoms with van der Waals surface area (Å²) in [6, 6.07) is 7.92. The zero-order valence-corrected chi connectivity index (χ0v) is 16.2. The van der Waals surface area contributed by atoms with Gasteiger partial charge in [-0.15, -0.1) is 11.3 Å². The molecule has 1 aromatic carbocycles. The summed E-state index contributed by atoms with van der Waals surface area (Å²) in [6.07, 6.45) is 6.30. The topological polar surface area (TPSA) is 122 Å². The Morgan fingerprint density at radius 2 is 2.14 bits per heavy atom. The van der Waals surface area contributed by atoms with E-state index in [2.05, 4.69) is 11.4 Å². The molecule has 0 atom stereocenters. The molecule has 29 heavy (non-hydrogen) atoms. The van der Waals surface area contributed by atoms with Gasteiger partial charge in [0.25, 0.3) is 11.6 Å².